The number of hydrogen-bond acceptors (Lipinski definition) is 4. The van der Waals surface area contributed by atoms with Crippen LogP contribution in [0.4, 0.5) is 5.69 Å². The van der Waals surface area contributed by atoms with Crippen molar-refractivity contribution in [3.63, 3.8) is 0 Å². The van der Waals surface area contributed by atoms with Gasteiger partial charge in [-0.15, -0.1) is 0 Å². The number of carbonyl (C=O) groups excluding carboxylic acids is 2. The number of nitrogens with one attached hydrogen (secondary N) is 1. The second-order valence-corrected chi connectivity index (χ2v) is 12.4. The summed E-state index contributed by atoms with van der Waals surface area (Å²) in [5.74, 6) is -0.636. The molecule has 1 atom stereocenters. The van der Waals surface area contributed by atoms with Gasteiger partial charge in [0.05, 0.1) is 11.9 Å². The van der Waals surface area contributed by atoms with E-state index in [9.17, 15) is 18.0 Å². The second-order valence-electron chi connectivity index (χ2n) is 10.5. The Bertz CT molecular complexity index is 1370. The predicted molar refractivity (Wildman–Crippen MR) is 159 cm³/mol. The molecule has 1 N–H and O–H groups in total. The first kappa shape index (κ1) is 29.3. The Hall–Kier alpha value is -3.65. The summed E-state index contributed by atoms with van der Waals surface area (Å²) in [6, 6.07) is 25.6. The molecule has 40 heavy (non-hydrogen) atoms. The van der Waals surface area contributed by atoms with E-state index in [-0.39, 0.29) is 18.5 Å². The number of aryl methyl sites for hydroxylation is 1. The summed E-state index contributed by atoms with van der Waals surface area (Å²) in [4.78, 5) is 29.6. The van der Waals surface area contributed by atoms with Crippen molar-refractivity contribution in [1.82, 2.24) is 10.2 Å². The summed E-state index contributed by atoms with van der Waals surface area (Å²) in [7, 11) is -3.79. The molecule has 1 saturated carbocycles. The molecule has 3 aromatic carbocycles. The molecule has 7 nitrogen and oxygen atoms in total. The highest BCUT2D eigenvalue weighted by Crippen LogP contribution is 2.25. The fraction of sp³-hybridized carbons (Fsp3) is 0.375. The van der Waals surface area contributed by atoms with Crippen molar-refractivity contribution in [2.75, 3.05) is 17.1 Å². The number of nitrogens with zero attached hydrogens (tertiary/aromatic N) is 2. The lowest BCUT2D eigenvalue weighted by Crippen LogP contribution is -2.54. The van der Waals surface area contributed by atoms with Crippen LogP contribution in [0.3, 0.4) is 0 Å². The van der Waals surface area contributed by atoms with Gasteiger partial charge >= 0.3 is 0 Å². The minimum Gasteiger partial charge on any atom is -0.352 e. The molecule has 3 aromatic rings. The van der Waals surface area contributed by atoms with Gasteiger partial charge in [-0.1, -0.05) is 98.6 Å². The highest BCUT2D eigenvalue weighted by Gasteiger charge is 2.34. The third-order valence-electron chi connectivity index (χ3n) is 7.49. The number of anilines is 1. The third-order valence-corrected chi connectivity index (χ3v) is 8.62. The zero-order valence-electron chi connectivity index (χ0n) is 23.3. The van der Waals surface area contributed by atoms with Crippen LogP contribution in [0.5, 0.6) is 0 Å². The zero-order chi connectivity index (χ0) is 28.5. The van der Waals surface area contributed by atoms with Gasteiger partial charge in [0.15, 0.2) is 0 Å². The van der Waals surface area contributed by atoms with E-state index in [2.05, 4.69) is 5.32 Å². The summed E-state index contributed by atoms with van der Waals surface area (Å²) in [5.41, 5.74) is 3.10. The number of rotatable bonds is 12. The molecule has 1 aliphatic carbocycles. The van der Waals surface area contributed by atoms with Crippen molar-refractivity contribution < 1.29 is 18.0 Å². The lowest BCUT2D eigenvalue weighted by atomic mass is 10.0. The largest absolute Gasteiger partial charge is 0.352 e. The molecule has 1 fully saturated rings. The molecule has 0 spiro atoms. The van der Waals surface area contributed by atoms with Crippen LogP contribution in [0.15, 0.2) is 84.9 Å². The van der Waals surface area contributed by atoms with Crippen LogP contribution in [0.25, 0.3) is 0 Å². The molecule has 1 aliphatic rings. The Morgan fingerprint density at radius 3 is 2.05 bits per heavy atom. The average molecular weight is 562 g/mol. The first-order chi connectivity index (χ1) is 19.3. The van der Waals surface area contributed by atoms with Crippen LogP contribution in [0, 0.1) is 0 Å². The van der Waals surface area contributed by atoms with Gasteiger partial charge in [-0.25, -0.2) is 8.42 Å². The molecule has 0 aromatic heterocycles. The Balaban J connectivity index is 1.72. The molecule has 8 heteroatoms. The molecule has 0 aliphatic heterocycles. The maximum Gasteiger partial charge on any atom is 0.244 e. The maximum absolute atomic E-state index is 14.2. The van der Waals surface area contributed by atoms with Crippen LogP contribution in [0.2, 0.25) is 0 Å². The average Bonchev–Trinajstić information content (AvgIpc) is 3.47. The monoisotopic (exact) mass is 561 g/mol. The summed E-state index contributed by atoms with van der Waals surface area (Å²) in [6.07, 6.45) is 6.04. The Morgan fingerprint density at radius 1 is 0.875 bits per heavy atom. The summed E-state index contributed by atoms with van der Waals surface area (Å²) >= 11 is 0. The maximum atomic E-state index is 14.2. The van der Waals surface area contributed by atoms with Crippen LogP contribution >= 0.6 is 0 Å². The quantitative estimate of drug-likeness (QED) is 0.347. The number of carbonyl (C=O) groups is 2. The first-order valence-electron chi connectivity index (χ1n) is 14.0. The smallest absolute Gasteiger partial charge is 0.244 e. The van der Waals surface area contributed by atoms with Crippen molar-refractivity contribution in [2.45, 2.75) is 64.1 Å². The first-order valence-corrected chi connectivity index (χ1v) is 15.8. The Kier molecular flexibility index (Phi) is 9.98. The highest BCUT2D eigenvalue weighted by molar-refractivity contribution is 7.92. The lowest BCUT2D eigenvalue weighted by molar-refractivity contribution is -0.140. The molecule has 2 amide bonds. The van der Waals surface area contributed by atoms with E-state index in [1.54, 1.807) is 17.0 Å². The van der Waals surface area contributed by atoms with Gasteiger partial charge in [0, 0.05) is 19.0 Å². The predicted octanol–water partition coefficient (Wildman–Crippen LogP) is 4.71. The van der Waals surface area contributed by atoms with E-state index in [1.807, 2.05) is 79.7 Å². The third kappa shape index (κ3) is 7.72. The molecular formula is C32H39N3O4S. The van der Waals surface area contributed by atoms with E-state index in [0.29, 0.717) is 18.5 Å². The molecule has 0 heterocycles. The van der Waals surface area contributed by atoms with E-state index >= 15 is 0 Å². The standard InChI is InChI=1S/C32H39N3O4S/c1-3-27-18-10-13-21-29(27)35(40(2,38)39)24-31(36)34(23-26-16-8-5-9-17-26)30(22-25-14-6-4-7-15-25)32(37)33-28-19-11-12-20-28/h4-10,13-18,21,28,30H,3,11-12,19-20,22-24H2,1-2H3,(H,33,37)/t30-/m0/s1. The number of hydrogen-bond donors (Lipinski definition) is 1. The van der Waals surface area contributed by atoms with Gasteiger partial charge in [-0.2, -0.15) is 0 Å². The SMILES string of the molecule is CCc1ccccc1N(CC(=O)N(Cc1ccccc1)[C@@H](Cc1ccccc1)C(=O)NC1CCCC1)S(C)(=O)=O. The summed E-state index contributed by atoms with van der Waals surface area (Å²) in [6.45, 7) is 1.74. The molecular weight excluding hydrogens is 522 g/mol. The van der Waals surface area contributed by atoms with E-state index in [1.165, 1.54) is 4.31 Å². The lowest BCUT2D eigenvalue weighted by Gasteiger charge is -2.34. The van der Waals surface area contributed by atoms with Crippen LogP contribution in [-0.2, 0) is 39.0 Å². The fourth-order valence-corrected chi connectivity index (χ4v) is 6.23. The topological polar surface area (TPSA) is 86.8 Å². The molecule has 0 saturated heterocycles. The van der Waals surface area contributed by atoms with Gasteiger partial charge < -0.3 is 10.2 Å². The minimum atomic E-state index is -3.79. The van der Waals surface area contributed by atoms with Crippen LogP contribution in [0.1, 0.15) is 49.3 Å². The van der Waals surface area contributed by atoms with Crippen molar-refractivity contribution in [2.24, 2.45) is 0 Å². The van der Waals surface area contributed by atoms with Crippen molar-refractivity contribution in [3.05, 3.63) is 102 Å². The molecule has 4 rings (SSSR count). The zero-order valence-corrected chi connectivity index (χ0v) is 24.1. The Morgan fingerprint density at radius 2 is 1.45 bits per heavy atom. The number of amides is 2. The molecule has 212 valence electrons. The van der Waals surface area contributed by atoms with E-state index in [4.69, 9.17) is 0 Å². The van der Waals surface area contributed by atoms with Gasteiger partial charge in [-0.3, -0.25) is 13.9 Å². The minimum absolute atomic E-state index is 0.0865. The van der Waals surface area contributed by atoms with E-state index < -0.39 is 28.5 Å². The van der Waals surface area contributed by atoms with Crippen LogP contribution in [-0.4, -0.2) is 50.0 Å². The molecule has 0 unspecified atom stereocenters. The fourth-order valence-electron chi connectivity index (χ4n) is 5.35. The number of para-hydroxylation sites is 1. The van der Waals surface area contributed by atoms with Gasteiger partial charge in [0.1, 0.15) is 12.6 Å². The Labute approximate surface area is 238 Å². The second kappa shape index (κ2) is 13.6. The van der Waals surface area contributed by atoms with Crippen molar-refractivity contribution in [1.29, 1.82) is 0 Å². The normalized spacial score (nSPS) is 14.4. The summed E-state index contributed by atoms with van der Waals surface area (Å²) < 4.78 is 27.2. The van der Waals surface area contributed by atoms with E-state index in [0.717, 1.165) is 48.6 Å². The number of sulfonamides is 1. The van der Waals surface area contributed by atoms with Crippen LogP contribution < -0.4 is 9.62 Å². The molecule has 0 radical (unpaired) electrons. The highest BCUT2D eigenvalue weighted by atomic mass is 32.2. The van der Waals surface area contributed by atoms with Crippen molar-refractivity contribution in [3.8, 4) is 0 Å². The molecule has 0 bridgehead atoms. The van der Waals surface area contributed by atoms with Gasteiger partial charge in [0.25, 0.3) is 0 Å². The number of benzene rings is 3. The summed E-state index contributed by atoms with van der Waals surface area (Å²) in [5, 5.41) is 3.19. The van der Waals surface area contributed by atoms with Crippen molar-refractivity contribution >= 4 is 27.5 Å². The van der Waals surface area contributed by atoms with Gasteiger partial charge in [0.2, 0.25) is 21.8 Å². The van der Waals surface area contributed by atoms with Gasteiger partial charge in [-0.05, 0) is 42.0 Å².